The predicted octanol–water partition coefficient (Wildman–Crippen LogP) is 3.63. The zero-order chi connectivity index (χ0) is 15.7. The Balaban J connectivity index is 2.62. The van der Waals surface area contributed by atoms with Crippen LogP contribution in [0.2, 0.25) is 0 Å². The molecular weight excluding hydrogens is 269 g/mol. The van der Waals surface area contributed by atoms with Crippen LogP contribution in [0.1, 0.15) is 39.2 Å². The lowest BCUT2D eigenvalue weighted by molar-refractivity contribution is -0.132. The summed E-state index contributed by atoms with van der Waals surface area (Å²) in [6.45, 7) is 8.28. The van der Waals surface area contributed by atoms with Gasteiger partial charge in [-0.05, 0) is 25.3 Å². The molecule has 3 nitrogen and oxygen atoms in total. The van der Waals surface area contributed by atoms with Crippen LogP contribution in [0.15, 0.2) is 24.3 Å². The van der Waals surface area contributed by atoms with E-state index < -0.39 is 0 Å². The Morgan fingerprint density at radius 3 is 2.67 bits per heavy atom. The second-order valence-electron chi connectivity index (χ2n) is 5.56. The molecule has 1 rings (SSSR count). The molecule has 0 aliphatic rings. The van der Waals surface area contributed by atoms with Crippen molar-refractivity contribution < 1.29 is 13.9 Å². The smallest absolute Gasteiger partial charge is 0.222 e. The summed E-state index contributed by atoms with van der Waals surface area (Å²) in [7, 11) is 0. The van der Waals surface area contributed by atoms with Crippen LogP contribution in [0.3, 0.4) is 0 Å². The fourth-order valence-electron chi connectivity index (χ4n) is 2.16. The number of halogens is 1. The third kappa shape index (κ3) is 6.71. The van der Waals surface area contributed by atoms with E-state index in [1.165, 1.54) is 6.07 Å². The van der Waals surface area contributed by atoms with Gasteiger partial charge in [0.05, 0.1) is 0 Å². The summed E-state index contributed by atoms with van der Waals surface area (Å²) in [6, 6.07) is 6.62. The zero-order valence-electron chi connectivity index (χ0n) is 13.3. The molecule has 0 saturated heterocycles. The number of hydrogen-bond acceptors (Lipinski definition) is 2. The molecule has 0 fully saturated rings. The van der Waals surface area contributed by atoms with Gasteiger partial charge in [-0.3, -0.25) is 4.79 Å². The maximum Gasteiger partial charge on any atom is 0.222 e. The SMILES string of the molecule is CCOCCCC(=O)N(Cc1ccccc1F)CC(C)C. The Bertz CT molecular complexity index is 435. The summed E-state index contributed by atoms with van der Waals surface area (Å²) in [6.07, 6.45) is 1.15. The zero-order valence-corrected chi connectivity index (χ0v) is 13.3. The Morgan fingerprint density at radius 2 is 2.05 bits per heavy atom. The highest BCUT2D eigenvalue weighted by atomic mass is 19.1. The third-order valence-corrected chi connectivity index (χ3v) is 3.14. The van der Waals surface area contributed by atoms with Gasteiger partial charge in [0.15, 0.2) is 0 Å². The fraction of sp³-hybridized carbons (Fsp3) is 0.588. The topological polar surface area (TPSA) is 29.5 Å². The summed E-state index contributed by atoms with van der Waals surface area (Å²) >= 11 is 0. The molecule has 0 radical (unpaired) electrons. The van der Waals surface area contributed by atoms with Crippen molar-refractivity contribution in [2.45, 2.75) is 40.2 Å². The number of ether oxygens (including phenoxy) is 1. The van der Waals surface area contributed by atoms with Gasteiger partial charge < -0.3 is 9.64 Å². The average molecular weight is 295 g/mol. The third-order valence-electron chi connectivity index (χ3n) is 3.14. The summed E-state index contributed by atoms with van der Waals surface area (Å²) in [4.78, 5) is 14.1. The Morgan fingerprint density at radius 1 is 1.33 bits per heavy atom. The molecule has 4 heteroatoms. The van der Waals surface area contributed by atoms with Gasteiger partial charge in [0.25, 0.3) is 0 Å². The number of amides is 1. The summed E-state index contributed by atoms with van der Waals surface area (Å²) in [5, 5.41) is 0. The fourth-order valence-corrected chi connectivity index (χ4v) is 2.16. The molecule has 0 N–H and O–H groups in total. The van der Waals surface area contributed by atoms with Gasteiger partial charge in [0.2, 0.25) is 5.91 Å². The van der Waals surface area contributed by atoms with E-state index in [0.717, 1.165) is 0 Å². The quantitative estimate of drug-likeness (QED) is 0.651. The van der Waals surface area contributed by atoms with Crippen LogP contribution >= 0.6 is 0 Å². The van der Waals surface area contributed by atoms with Gasteiger partial charge in [0.1, 0.15) is 5.82 Å². The van der Waals surface area contributed by atoms with E-state index in [0.29, 0.717) is 50.6 Å². The molecular formula is C17H26FNO2. The maximum absolute atomic E-state index is 13.7. The van der Waals surface area contributed by atoms with Crippen LogP contribution < -0.4 is 0 Å². The van der Waals surface area contributed by atoms with Crippen LogP contribution in [-0.4, -0.2) is 30.6 Å². The predicted molar refractivity (Wildman–Crippen MR) is 82.4 cm³/mol. The number of hydrogen-bond donors (Lipinski definition) is 0. The maximum atomic E-state index is 13.7. The minimum Gasteiger partial charge on any atom is -0.382 e. The minimum absolute atomic E-state index is 0.0617. The molecule has 21 heavy (non-hydrogen) atoms. The van der Waals surface area contributed by atoms with Gasteiger partial charge in [-0.15, -0.1) is 0 Å². The largest absolute Gasteiger partial charge is 0.382 e. The van der Waals surface area contributed by atoms with Gasteiger partial charge in [-0.2, -0.15) is 0 Å². The van der Waals surface area contributed by atoms with Crippen molar-refractivity contribution in [3.05, 3.63) is 35.6 Å². The molecule has 0 aliphatic heterocycles. The van der Waals surface area contributed by atoms with E-state index >= 15 is 0 Å². The molecule has 0 heterocycles. The van der Waals surface area contributed by atoms with E-state index in [1.807, 2.05) is 6.92 Å². The first-order valence-corrected chi connectivity index (χ1v) is 7.63. The van der Waals surface area contributed by atoms with Crippen LogP contribution in [0.25, 0.3) is 0 Å². The number of nitrogens with zero attached hydrogens (tertiary/aromatic N) is 1. The average Bonchev–Trinajstić information content (AvgIpc) is 2.44. The summed E-state index contributed by atoms with van der Waals surface area (Å²) < 4.78 is 19.0. The first kappa shape index (κ1) is 17.6. The highest BCUT2D eigenvalue weighted by Crippen LogP contribution is 2.13. The van der Waals surface area contributed by atoms with E-state index in [-0.39, 0.29) is 11.7 Å². The summed E-state index contributed by atoms with van der Waals surface area (Å²) in [5.41, 5.74) is 0.566. The van der Waals surface area contributed by atoms with Crippen LogP contribution in [0, 0.1) is 11.7 Å². The van der Waals surface area contributed by atoms with Crippen molar-refractivity contribution in [1.29, 1.82) is 0 Å². The highest BCUT2D eigenvalue weighted by Gasteiger charge is 2.16. The lowest BCUT2D eigenvalue weighted by Crippen LogP contribution is -2.34. The molecule has 1 aromatic carbocycles. The Hall–Kier alpha value is -1.42. The van der Waals surface area contributed by atoms with Crippen LogP contribution in [-0.2, 0) is 16.1 Å². The van der Waals surface area contributed by atoms with Crippen molar-refractivity contribution in [3.8, 4) is 0 Å². The van der Waals surface area contributed by atoms with Crippen molar-refractivity contribution in [2.24, 2.45) is 5.92 Å². The van der Waals surface area contributed by atoms with E-state index in [4.69, 9.17) is 4.74 Å². The first-order chi connectivity index (χ1) is 10.0. The van der Waals surface area contributed by atoms with Crippen molar-refractivity contribution in [1.82, 2.24) is 4.90 Å². The molecule has 1 aromatic rings. The standard InChI is InChI=1S/C17H26FNO2/c1-4-21-11-7-10-17(20)19(12-14(2)3)13-15-8-5-6-9-16(15)18/h5-6,8-9,14H,4,7,10-13H2,1-3H3. The second-order valence-corrected chi connectivity index (χ2v) is 5.56. The van der Waals surface area contributed by atoms with Crippen molar-refractivity contribution in [3.63, 3.8) is 0 Å². The lowest BCUT2D eigenvalue weighted by Gasteiger charge is -2.25. The highest BCUT2D eigenvalue weighted by molar-refractivity contribution is 5.76. The monoisotopic (exact) mass is 295 g/mol. The Kier molecular flexibility index (Phi) is 7.98. The molecule has 0 saturated carbocycles. The number of carbonyl (C=O) groups is 1. The molecule has 118 valence electrons. The van der Waals surface area contributed by atoms with Gasteiger partial charge in [0, 0.05) is 38.3 Å². The molecule has 0 spiro atoms. The van der Waals surface area contributed by atoms with Gasteiger partial charge in [-0.1, -0.05) is 32.0 Å². The van der Waals surface area contributed by atoms with E-state index in [9.17, 15) is 9.18 Å². The van der Waals surface area contributed by atoms with Crippen molar-refractivity contribution in [2.75, 3.05) is 19.8 Å². The normalized spacial score (nSPS) is 10.9. The Labute approximate surface area is 127 Å². The lowest BCUT2D eigenvalue weighted by atomic mass is 10.1. The first-order valence-electron chi connectivity index (χ1n) is 7.63. The molecule has 0 aromatic heterocycles. The number of rotatable bonds is 9. The van der Waals surface area contributed by atoms with E-state index in [1.54, 1.807) is 23.1 Å². The number of carbonyl (C=O) groups excluding carboxylic acids is 1. The summed E-state index contributed by atoms with van der Waals surface area (Å²) in [5.74, 6) is 0.160. The van der Waals surface area contributed by atoms with E-state index in [2.05, 4.69) is 13.8 Å². The minimum atomic E-state index is -0.256. The van der Waals surface area contributed by atoms with Gasteiger partial charge >= 0.3 is 0 Å². The van der Waals surface area contributed by atoms with Crippen LogP contribution in [0.5, 0.6) is 0 Å². The molecule has 1 amide bonds. The van der Waals surface area contributed by atoms with Crippen LogP contribution in [0.4, 0.5) is 4.39 Å². The van der Waals surface area contributed by atoms with Gasteiger partial charge in [-0.25, -0.2) is 4.39 Å². The second kappa shape index (κ2) is 9.50. The molecule has 0 aliphatic carbocycles. The molecule has 0 atom stereocenters. The molecule has 0 bridgehead atoms. The number of benzene rings is 1. The molecule has 0 unspecified atom stereocenters. The van der Waals surface area contributed by atoms with Crippen molar-refractivity contribution >= 4 is 5.91 Å².